The molecule has 9 heteroatoms. The molecule has 2 aliphatic heterocycles. The smallest absolute Gasteiger partial charge is 0.272 e. The van der Waals surface area contributed by atoms with E-state index in [1.807, 2.05) is 43.0 Å². The normalized spacial score (nSPS) is 20.6. The van der Waals surface area contributed by atoms with Crippen LogP contribution in [-0.2, 0) is 30.5 Å². The molecule has 0 bridgehead atoms. The maximum Gasteiger partial charge on any atom is 0.272 e. The highest BCUT2D eigenvalue weighted by Crippen LogP contribution is 2.47. The number of nitrogens with one attached hydrogen (secondary N) is 3. The van der Waals surface area contributed by atoms with Crippen LogP contribution in [0.4, 0.5) is 11.5 Å². The second kappa shape index (κ2) is 9.98. The summed E-state index contributed by atoms with van der Waals surface area (Å²) < 4.78 is 0. The lowest BCUT2D eigenvalue weighted by molar-refractivity contribution is -0.126. The van der Waals surface area contributed by atoms with Gasteiger partial charge in [-0.3, -0.25) is 9.59 Å². The van der Waals surface area contributed by atoms with Gasteiger partial charge in [0.05, 0.1) is 17.4 Å². The Bertz CT molecular complexity index is 1530. The van der Waals surface area contributed by atoms with Crippen LogP contribution in [0.2, 0.25) is 0 Å². The maximum absolute atomic E-state index is 13.2. The first-order valence-corrected chi connectivity index (χ1v) is 13.3. The van der Waals surface area contributed by atoms with Gasteiger partial charge in [0.2, 0.25) is 5.91 Å². The van der Waals surface area contributed by atoms with Crippen LogP contribution < -0.4 is 10.6 Å². The average Bonchev–Trinajstić information content (AvgIpc) is 3.56. The lowest BCUT2D eigenvalue weighted by Crippen LogP contribution is -2.34. The number of allylic oxidation sites excluding steroid dienone is 5. The molecule has 9 nitrogen and oxygen atoms in total. The Hall–Kier alpha value is -4.53. The van der Waals surface area contributed by atoms with Gasteiger partial charge >= 0.3 is 0 Å². The van der Waals surface area contributed by atoms with Crippen LogP contribution >= 0.6 is 0 Å². The van der Waals surface area contributed by atoms with E-state index in [4.69, 9.17) is 0 Å². The van der Waals surface area contributed by atoms with Gasteiger partial charge in [0, 0.05) is 49.1 Å². The van der Waals surface area contributed by atoms with E-state index in [2.05, 4.69) is 48.8 Å². The fourth-order valence-corrected chi connectivity index (χ4v) is 5.93. The first kappa shape index (κ1) is 24.8. The lowest BCUT2D eigenvalue weighted by atomic mass is 9.78. The monoisotopic (exact) mass is 521 g/mol. The number of amides is 2. The van der Waals surface area contributed by atoms with Crippen LogP contribution in [-0.4, -0.2) is 49.7 Å². The van der Waals surface area contributed by atoms with E-state index in [1.165, 1.54) is 11.9 Å². The molecule has 0 fully saturated rings. The molecule has 198 valence electrons. The molecule has 4 heterocycles. The van der Waals surface area contributed by atoms with Gasteiger partial charge in [0.25, 0.3) is 5.91 Å². The van der Waals surface area contributed by atoms with Gasteiger partial charge in [-0.25, -0.2) is 15.0 Å². The topological polar surface area (TPSA) is 116 Å². The molecule has 1 atom stereocenters. The summed E-state index contributed by atoms with van der Waals surface area (Å²) in [7, 11) is 0. The standard InChI is InChI=1S/C30H31N7O2/c1-3-4-5-6-23-19(2)35-29(39)30(23)15-20-7-8-22(13-21(20)16-30)36-27-14-26(33-18-34-27)28(38)37-11-9-24-25(10-12-37)32-17-31-24/h3-8,13-14,17-18H,9-12,15-16H2,1-2H3,(H,31,32)(H,35,39)(H,33,34,36)/b4-3?,6-5-. The SMILES string of the molecule is CC=C/C=C\C1=C(C)NC(=O)C12Cc1ccc(Nc3cc(C(=O)N4CCc5nc[nH]c5CC4)ncn3)cc1C2. The van der Waals surface area contributed by atoms with E-state index in [-0.39, 0.29) is 11.8 Å². The van der Waals surface area contributed by atoms with Crippen molar-refractivity contribution in [3.05, 3.63) is 101 Å². The van der Waals surface area contributed by atoms with E-state index >= 15 is 0 Å². The predicted molar refractivity (Wildman–Crippen MR) is 148 cm³/mol. The summed E-state index contributed by atoms with van der Waals surface area (Å²) in [5, 5.41) is 6.39. The number of benzene rings is 1. The first-order chi connectivity index (χ1) is 19.0. The van der Waals surface area contributed by atoms with Crippen molar-refractivity contribution in [2.24, 2.45) is 5.41 Å². The van der Waals surface area contributed by atoms with Gasteiger partial charge in [-0.05, 0) is 55.5 Å². The van der Waals surface area contributed by atoms with Crippen LogP contribution in [0.25, 0.3) is 0 Å². The second-order valence-electron chi connectivity index (χ2n) is 10.3. The van der Waals surface area contributed by atoms with Crippen LogP contribution in [0.5, 0.6) is 0 Å². The Morgan fingerprint density at radius 1 is 1.08 bits per heavy atom. The summed E-state index contributed by atoms with van der Waals surface area (Å²) in [6.45, 7) is 5.15. The number of hydrogen-bond acceptors (Lipinski definition) is 6. The number of imidazole rings is 1. The molecule has 1 aliphatic carbocycles. The number of aromatic nitrogens is 4. The maximum atomic E-state index is 13.2. The molecule has 3 aromatic rings. The third-order valence-corrected chi connectivity index (χ3v) is 7.92. The van der Waals surface area contributed by atoms with E-state index in [0.29, 0.717) is 37.4 Å². The molecule has 1 unspecified atom stereocenters. The number of aromatic amines is 1. The van der Waals surface area contributed by atoms with E-state index in [9.17, 15) is 9.59 Å². The summed E-state index contributed by atoms with van der Waals surface area (Å²) >= 11 is 0. The van der Waals surface area contributed by atoms with Crippen molar-refractivity contribution in [1.29, 1.82) is 0 Å². The summed E-state index contributed by atoms with van der Waals surface area (Å²) in [5.74, 6) is 0.489. The van der Waals surface area contributed by atoms with Gasteiger partial charge in [-0.2, -0.15) is 0 Å². The Balaban J connectivity index is 1.18. The molecule has 6 rings (SSSR count). The summed E-state index contributed by atoms with van der Waals surface area (Å²) in [6, 6.07) is 7.85. The molecular formula is C30H31N7O2. The van der Waals surface area contributed by atoms with Gasteiger partial charge in [0.15, 0.2) is 0 Å². The second-order valence-corrected chi connectivity index (χ2v) is 10.3. The average molecular weight is 522 g/mol. The zero-order valence-corrected chi connectivity index (χ0v) is 22.1. The number of carbonyl (C=O) groups excluding carboxylic acids is 2. The molecule has 2 amide bonds. The number of fused-ring (bicyclic) bond motifs is 2. The highest BCUT2D eigenvalue weighted by molar-refractivity contribution is 5.94. The van der Waals surface area contributed by atoms with Crippen molar-refractivity contribution >= 4 is 23.3 Å². The third kappa shape index (κ3) is 4.54. The zero-order chi connectivity index (χ0) is 27.0. The Labute approximate surface area is 227 Å². The zero-order valence-electron chi connectivity index (χ0n) is 22.1. The minimum absolute atomic E-state index is 0.0568. The molecule has 3 N–H and O–H groups in total. The Morgan fingerprint density at radius 3 is 2.79 bits per heavy atom. The molecule has 0 saturated carbocycles. The first-order valence-electron chi connectivity index (χ1n) is 13.3. The third-order valence-electron chi connectivity index (χ3n) is 7.92. The number of nitrogens with zero attached hydrogens (tertiary/aromatic N) is 4. The highest BCUT2D eigenvalue weighted by atomic mass is 16.2. The van der Waals surface area contributed by atoms with Gasteiger partial charge in [0.1, 0.15) is 17.8 Å². The summed E-state index contributed by atoms with van der Waals surface area (Å²) in [4.78, 5) is 44.3. The van der Waals surface area contributed by atoms with Crippen molar-refractivity contribution in [2.75, 3.05) is 18.4 Å². The predicted octanol–water partition coefficient (Wildman–Crippen LogP) is 3.81. The molecule has 1 spiro atoms. The quantitative estimate of drug-likeness (QED) is 0.440. The van der Waals surface area contributed by atoms with Crippen molar-refractivity contribution in [1.82, 2.24) is 30.2 Å². The van der Waals surface area contributed by atoms with Crippen LogP contribution in [0.1, 0.15) is 46.9 Å². The van der Waals surface area contributed by atoms with Crippen molar-refractivity contribution in [3.63, 3.8) is 0 Å². The molecule has 39 heavy (non-hydrogen) atoms. The Morgan fingerprint density at radius 2 is 1.92 bits per heavy atom. The van der Waals surface area contributed by atoms with Crippen LogP contribution in [0.3, 0.4) is 0 Å². The molecule has 2 aromatic heterocycles. The number of H-pyrrole nitrogens is 1. The van der Waals surface area contributed by atoms with E-state index in [1.54, 1.807) is 12.4 Å². The lowest BCUT2D eigenvalue weighted by Gasteiger charge is -2.22. The largest absolute Gasteiger partial charge is 0.348 e. The van der Waals surface area contributed by atoms with Crippen LogP contribution in [0.15, 0.2) is 72.5 Å². The minimum atomic E-state index is -0.583. The summed E-state index contributed by atoms with van der Waals surface area (Å²) in [5.41, 5.74) is 7.01. The van der Waals surface area contributed by atoms with Crippen molar-refractivity contribution in [2.45, 2.75) is 39.5 Å². The van der Waals surface area contributed by atoms with Gasteiger partial charge in [-0.15, -0.1) is 0 Å². The number of hydrogen-bond donors (Lipinski definition) is 3. The minimum Gasteiger partial charge on any atom is -0.348 e. The number of anilines is 2. The van der Waals surface area contributed by atoms with E-state index in [0.717, 1.165) is 46.8 Å². The van der Waals surface area contributed by atoms with E-state index < -0.39 is 5.41 Å². The van der Waals surface area contributed by atoms with Gasteiger partial charge in [-0.1, -0.05) is 30.4 Å². The fraction of sp³-hybridized carbons (Fsp3) is 0.300. The molecule has 0 radical (unpaired) electrons. The Kier molecular flexibility index (Phi) is 6.34. The van der Waals surface area contributed by atoms with Crippen molar-refractivity contribution in [3.8, 4) is 0 Å². The number of carbonyl (C=O) groups is 2. The molecule has 3 aliphatic rings. The highest BCUT2D eigenvalue weighted by Gasteiger charge is 2.50. The molecular weight excluding hydrogens is 490 g/mol. The van der Waals surface area contributed by atoms with Crippen molar-refractivity contribution < 1.29 is 9.59 Å². The molecule has 0 saturated heterocycles. The van der Waals surface area contributed by atoms with Gasteiger partial charge < -0.3 is 20.5 Å². The fourth-order valence-electron chi connectivity index (χ4n) is 5.93. The summed E-state index contributed by atoms with van der Waals surface area (Å²) in [6.07, 6.45) is 13.9. The molecule has 1 aromatic carbocycles. The number of rotatable bonds is 5. The van der Waals surface area contributed by atoms with Crippen LogP contribution in [0, 0.1) is 5.41 Å².